The highest BCUT2D eigenvalue weighted by atomic mass is 35.5. The van der Waals surface area contributed by atoms with Crippen LogP contribution in [0.3, 0.4) is 0 Å². The van der Waals surface area contributed by atoms with Gasteiger partial charge in [-0.3, -0.25) is 14.2 Å². The number of para-hydroxylation sites is 1. The highest BCUT2D eigenvalue weighted by Crippen LogP contribution is 2.35. The number of hydrogen-bond donors (Lipinski definition) is 2. The molecule has 0 radical (unpaired) electrons. The van der Waals surface area contributed by atoms with Crippen LogP contribution in [0.1, 0.15) is 68.9 Å². The smallest absolute Gasteiger partial charge is 0.407 e. The lowest BCUT2D eigenvalue weighted by Crippen LogP contribution is -2.49. The second-order valence-corrected chi connectivity index (χ2v) is 12.2. The normalized spacial score (nSPS) is 14.5. The van der Waals surface area contributed by atoms with Crippen molar-refractivity contribution < 1.29 is 19.1 Å². The molecule has 2 aromatic heterocycles. The monoisotopic (exact) mass is 661 g/mol. The number of alkyl carbamates (subject to hydrolysis) is 1. The number of ether oxygens (including phenoxy) is 2. The zero-order valence-corrected chi connectivity index (χ0v) is 28.2. The van der Waals surface area contributed by atoms with E-state index < -0.39 is 23.2 Å². The second-order valence-electron chi connectivity index (χ2n) is 11.8. The lowest BCUT2D eigenvalue weighted by atomic mass is 10.1. The van der Waals surface area contributed by atoms with Gasteiger partial charge in [0.05, 0.1) is 12.1 Å². The van der Waals surface area contributed by atoms with Gasteiger partial charge in [-0.25, -0.2) is 4.79 Å². The van der Waals surface area contributed by atoms with Crippen LogP contribution in [0, 0.1) is 11.3 Å². The summed E-state index contributed by atoms with van der Waals surface area (Å²) < 4.78 is 14.4. The van der Waals surface area contributed by atoms with E-state index in [0.29, 0.717) is 36.8 Å². The SMILES string of the molecule is CC.Cn1c(Oc2ccccc2C(N)=O)nc2c(C#N)c(N3CCC[C@@H](NC(=O)OC(C)(C)C)C3)n(Cc3ccccc3Cl)c2c1=O. The number of carbonyl (C=O) groups is 2. The lowest BCUT2D eigenvalue weighted by Gasteiger charge is -2.35. The molecule has 4 aromatic rings. The molecule has 1 fully saturated rings. The number of nitrogens with one attached hydrogen (secondary N) is 1. The molecule has 1 aliphatic rings. The van der Waals surface area contributed by atoms with Crippen molar-refractivity contribution in [2.24, 2.45) is 12.8 Å². The zero-order chi connectivity index (χ0) is 34.5. The topological polar surface area (TPSA) is 158 Å². The number of rotatable bonds is 7. The first-order chi connectivity index (χ1) is 22.4. The highest BCUT2D eigenvalue weighted by molar-refractivity contribution is 6.31. The first-order valence-corrected chi connectivity index (χ1v) is 15.8. The number of nitrogens with zero attached hydrogens (tertiary/aromatic N) is 5. The van der Waals surface area contributed by atoms with Crippen LogP contribution >= 0.6 is 11.6 Å². The van der Waals surface area contributed by atoms with Crippen molar-refractivity contribution in [1.82, 2.24) is 19.4 Å². The van der Waals surface area contributed by atoms with Gasteiger partial charge in [-0.1, -0.05) is 55.8 Å². The molecule has 0 bridgehead atoms. The van der Waals surface area contributed by atoms with Crippen LogP contribution in [0.4, 0.5) is 10.6 Å². The Balaban J connectivity index is 0.00000245. The Morgan fingerprint density at radius 3 is 2.49 bits per heavy atom. The number of primary amides is 1. The summed E-state index contributed by atoms with van der Waals surface area (Å²) in [7, 11) is 1.50. The van der Waals surface area contributed by atoms with Crippen molar-refractivity contribution in [3.8, 4) is 17.8 Å². The number of aromatic nitrogens is 3. The largest absolute Gasteiger partial charge is 0.444 e. The fraction of sp³-hybridized carbons (Fsp3) is 0.382. The van der Waals surface area contributed by atoms with Gasteiger partial charge in [-0.05, 0) is 57.4 Å². The van der Waals surface area contributed by atoms with E-state index in [1.165, 1.54) is 17.7 Å². The Kier molecular flexibility index (Phi) is 10.8. The Morgan fingerprint density at radius 2 is 1.83 bits per heavy atom. The predicted octanol–water partition coefficient (Wildman–Crippen LogP) is 5.72. The van der Waals surface area contributed by atoms with Crippen LogP contribution in [0.2, 0.25) is 5.02 Å². The Morgan fingerprint density at radius 1 is 1.15 bits per heavy atom. The fourth-order valence-corrected chi connectivity index (χ4v) is 5.62. The summed E-state index contributed by atoms with van der Waals surface area (Å²) in [5, 5.41) is 14.0. The summed E-state index contributed by atoms with van der Waals surface area (Å²) in [6.07, 6.45) is 0.891. The molecule has 5 rings (SSSR count). The average Bonchev–Trinajstić information content (AvgIpc) is 3.33. The average molecular weight is 662 g/mol. The lowest BCUT2D eigenvalue weighted by molar-refractivity contribution is 0.0499. The van der Waals surface area contributed by atoms with Crippen LogP contribution in [-0.2, 0) is 18.3 Å². The number of amides is 2. The van der Waals surface area contributed by atoms with E-state index in [2.05, 4.69) is 16.4 Å². The van der Waals surface area contributed by atoms with Gasteiger partial charge >= 0.3 is 12.1 Å². The number of halogens is 1. The number of benzene rings is 2. The molecule has 248 valence electrons. The summed E-state index contributed by atoms with van der Waals surface area (Å²) in [6.45, 7) is 10.5. The van der Waals surface area contributed by atoms with E-state index in [4.69, 9.17) is 26.8 Å². The van der Waals surface area contributed by atoms with E-state index in [1.54, 1.807) is 49.6 Å². The maximum atomic E-state index is 14.1. The van der Waals surface area contributed by atoms with E-state index in [0.717, 1.165) is 5.56 Å². The van der Waals surface area contributed by atoms with Crippen LogP contribution in [0.5, 0.6) is 11.8 Å². The first-order valence-electron chi connectivity index (χ1n) is 15.5. The maximum absolute atomic E-state index is 14.1. The van der Waals surface area contributed by atoms with Crippen LogP contribution in [-0.4, -0.2) is 50.9 Å². The molecule has 12 nitrogen and oxygen atoms in total. The molecule has 0 saturated carbocycles. The van der Waals surface area contributed by atoms with E-state index in [-0.39, 0.29) is 46.5 Å². The van der Waals surface area contributed by atoms with Crippen molar-refractivity contribution in [1.29, 1.82) is 5.26 Å². The van der Waals surface area contributed by atoms with Gasteiger partial charge in [-0.15, -0.1) is 0 Å². The molecule has 3 heterocycles. The number of fused-ring (bicyclic) bond motifs is 1. The van der Waals surface area contributed by atoms with E-state index in [9.17, 15) is 19.6 Å². The number of piperidine rings is 1. The van der Waals surface area contributed by atoms with Gasteiger partial charge in [0.25, 0.3) is 11.5 Å². The quantitative estimate of drug-likeness (QED) is 0.255. The Hall–Kier alpha value is -5.02. The number of anilines is 1. The minimum absolute atomic E-state index is 0.112. The van der Waals surface area contributed by atoms with Crippen molar-refractivity contribution >= 4 is 40.5 Å². The number of carbonyl (C=O) groups excluding carboxylic acids is 2. The van der Waals surface area contributed by atoms with Gasteiger partial charge in [0.1, 0.15) is 39.8 Å². The summed E-state index contributed by atoms with van der Waals surface area (Å²) in [5.74, 6) is -0.113. The van der Waals surface area contributed by atoms with Gasteiger partial charge in [-0.2, -0.15) is 10.2 Å². The standard InChI is InChI=1S/C32H34ClN7O5.C2H6/c1-32(2,3)45-31(43)36-20-11-9-15-39(18-20)28-22(16-34)25-26(40(28)17-19-10-5-7-13-23(19)33)29(42)38(4)30(37-25)44-24-14-8-6-12-21(24)27(35)41;1-2/h5-8,10,12-14,20H,9,11,15,17-18H2,1-4H3,(H2,35,41)(H,36,43);1-2H3/t20-;/m1./s1. The van der Waals surface area contributed by atoms with Gasteiger partial charge in [0.2, 0.25) is 0 Å². The fourth-order valence-electron chi connectivity index (χ4n) is 5.43. The minimum Gasteiger partial charge on any atom is -0.444 e. The Bertz CT molecular complexity index is 1890. The summed E-state index contributed by atoms with van der Waals surface area (Å²) in [5.41, 5.74) is 5.74. The van der Waals surface area contributed by atoms with Crippen LogP contribution in [0.25, 0.3) is 11.0 Å². The molecule has 0 spiro atoms. The molecule has 1 atom stereocenters. The third kappa shape index (κ3) is 7.69. The summed E-state index contributed by atoms with van der Waals surface area (Å²) in [6, 6.07) is 15.5. The highest BCUT2D eigenvalue weighted by Gasteiger charge is 2.32. The van der Waals surface area contributed by atoms with Crippen LogP contribution < -0.4 is 26.2 Å². The molecule has 47 heavy (non-hydrogen) atoms. The van der Waals surface area contributed by atoms with Crippen molar-refractivity contribution in [3.05, 3.63) is 80.6 Å². The maximum Gasteiger partial charge on any atom is 0.407 e. The summed E-state index contributed by atoms with van der Waals surface area (Å²) in [4.78, 5) is 45.3. The van der Waals surface area contributed by atoms with Crippen molar-refractivity contribution in [2.75, 3.05) is 18.0 Å². The molecule has 0 aliphatic carbocycles. The Labute approximate surface area is 278 Å². The predicted molar refractivity (Wildman–Crippen MR) is 181 cm³/mol. The van der Waals surface area contributed by atoms with Crippen molar-refractivity contribution in [2.45, 2.75) is 65.6 Å². The molecule has 0 unspecified atom stereocenters. The van der Waals surface area contributed by atoms with Gasteiger partial charge < -0.3 is 30.0 Å². The third-order valence-corrected chi connectivity index (χ3v) is 7.77. The number of hydrogen-bond acceptors (Lipinski definition) is 8. The third-order valence-electron chi connectivity index (χ3n) is 7.41. The molecule has 1 aliphatic heterocycles. The summed E-state index contributed by atoms with van der Waals surface area (Å²) >= 11 is 6.55. The molecular formula is C34H40ClN7O5. The minimum atomic E-state index is -0.706. The van der Waals surface area contributed by atoms with E-state index in [1.807, 2.05) is 36.9 Å². The van der Waals surface area contributed by atoms with Gasteiger partial charge in [0.15, 0.2) is 0 Å². The molecular weight excluding hydrogens is 622 g/mol. The van der Waals surface area contributed by atoms with Gasteiger partial charge in [0, 0.05) is 31.2 Å². The zero-order valence-electron chi connectivity index (χ0n) is 27.5. The van der Waals surface area contributed by atoms with E-state index >= 15 is 0 Å². The molecule has 2 aromatic carbocycles. The molecule has 2 amide bonds. The molecule has 3 N–H and O–H groups in total. The number of nitriles is 1. The second kappa shape index (κ2) is 14.6. The number of nitrogens with two attached hydrogens (primary N) is 1. The first kappa shape index (κ1) is 34.8. The van der Waals surface area contributed by atoms with Crippen LogP contribution in [0.15, 0.2) is 53.3 Å². The molecule has 13 heteroatoms. The van der Waals surface area contributed by atoms with Crippen molar-refractivity contribution in [3.63, 3.8) is 0 Å². The molecule has 1 saturated heterocycles.